The van der Waals surface area contributed by atoms with Gasteiger partial charge in [-0.2, -0.15) is 0 Å². The number of hydrogen-bond acceptors (Lipinski definition) is 4. The Hall–Kier alpha value is -1.37. The first-order chi connectivity index (χ1) is 12.6. The fourth-order valence-corrected chi connectivity index (χ4v) is 2.82. The van der Waals surface area contributed by atoms with Crippen molar-refractivity contribution in [2.45, 2.75) is 39.9 Å². The van der Waals surface area contributed by atoms with E-state index < -0.39 is 5.79 Å². The Bertz CT molecular complexity index is 726. The normalized spacial score (nSPS) is 11.0. The zero-order chi connectivity index (χ0) is 20.6. The number of rotatable bonds is 6. The van der Waals surface area contributed by atoms with Crippen molar-refractivity contribution >= 4 is 34.6 Å². The minimum absolute atomic E-state index is 0.188. The number of ether oxygens (including phenoxy) is 1. The summed E-state index contributed by atoms with van der Waals surface area (Å²) in [6.45, 7) is 7.39. The Balaban J connectivity index is 0.000000387. The maximum Gasteiger partial charge on any atom is 0.161 e. The third kappa shape index (κ3) is 8.45. The summed E-state index contributed by atoms with van der Waals surface area (Å²) in [5.41, 5.74) is 3.22. The average molecular weight is 417 g/mol. The molecule has 3 N–H and O–H groups in total. The van der Waals surface area contributed by atoms with E-state index in [2.05, 4.69) is 10.6 Å². The quantitative estimate of drug-likeness (QED) is 0.532. The number of aliphatic hydroxyl groups is 1. The smallest absolute Gasteiger partial charge is 0.161 e. The molecule has 2 aromatic carbocycles. The van der Waals surface area contributed by atoms with E-state index in [0.29, 0.717) is 28.8 Å². The van der Waals surface area contributed by atoms with Gasteiger partial charge in [-0.3, -0.25) is 5.32 Å². The molecule has 0 aromatic heterocycles. The Kier molecular flexibility index (Phi) is 9.50. The first kappa shape index (κ1) is 23.7. The van der Waals surface area contributed by atoms with Crippen molar-refractivity contribution in [3.05, 3.63) is 57.3 Å². The highest BCUT2D eigenvalue weighted by molar-refractivity contribution is 6.36. The van der Waals surface area contributed by atoms with Crippen molar-refractivity contribution < 1.29 is 14.2 Å². The summed E-state index contributed by atoms with van der Waals surface area (Å²) in [5.74, 6) is -1.20. The molecule has 0 bridgehead atoms. The molecule has 0 heterocycles. The molecule has 0 saturated heterocycles. The predicted molar refractivity (Wildman–Crippen MR) is 112 cm³/mol. The van der Waals surface area contributed by atoms with E-state index in [0.717, 1.165) is 16.9 Å². The summed E-state index contributed by atoms with van der Waals surface area (Å²) in [7, 11) is 1.76. The number of nitrogens with one attached hydrogen (secondary N) is 2. The second-order valence-electron chi connectivity index (χ2n) is 6.45. The van der Waals surface area contributed by atoms with Crippen LogP contribution in [0.25, 0.3) is 0 Å². The van der Waals surface area contributed by atoms with E-state index in [9.17, 15) is 4.39 Å². The van der Waals surface area contributed by atoms with Crippen LogP contribution in [0.15, 0.2) is 30.3 Å². The molecule has 7 heteroatoms. The third-order valence-corrected chi connectivity index (χ3v) is 4.03. The molecule has 0 saturated carbocycles. The van der Waals surface area contributed by atoms with Crippen molar-refractivity contribution in [1.29, 1.82) is 0 Å². The van der Waals surface area contributed by atoms with Gasteiger partial charge < -0.3 is 15.2 Å². The highest BCUT2D eigenvalue weighted by atomic mass is 35.5. The fraction of sp³-hybridized carbons (Fsp3) is 0.400. The van der Waals surface area contributed by atoms with Crippen LogP contribution in [0.2, 0.25) is 10.0 Å². The number of hydrogen-bond donors (Lipinski definition) is 3. The van der Waals surface area contributed by atoms with Gasteiger partial charge in [0.2, 0.25) is 0 Å². The second-order valence-corrected chi connectivity index (χ2v) is 7.30. The molecule has 0 unspecified atom stereocenters. The monoisotopic (exact) mass is 416 g/mol. The van der Waals surface area contributed by atoms with Gasteiger partial charge >= 0.3 is 0 Å². The van der Waals surface area contributed by atoms with Crippen molar-refractivity contribution in [2.75, 3.05) is 19.1 Å². The lowest BCUT2D eigenvalue weighted by Gasteiger charge is -2.16. The van der Waals surface area contributed by atoms with Gasteiger partial charge in [0.25, 0.3) is 0 Å². The van der Waals surface area contributed by atoms with Crippen molar-refractivity contribution in [1.82, 2.24) is 5.32 Å². The van der Waals surface area contributed by atoms with Crippen LogP contribution in [-0.4, -0.2) is 24.7 Å². The molecule has 4 nitrogen and oxygen atoms in total. The Morgan fingerprint density at radius 2 is 1.85 bits per heavy atom. The van der Waals surface area contributed by atoms with Crippen LogP contribution in [0.5, 0.6) is 0 Å². The van der Waals surface area contributed by atoms with Crippen molar-refractivity contribution in [2.24, 2.45) is 0 Å². The number of anilines is 2. The van der Waals surface area contributed by atoms with Crippen LogP contribution in [0, 0.1) is 12.7 Å². The molecule has 27 heavy (non-hydrogen) atoms. The summed E-state index contributed by atoms with van der Waals surface area (Å²) in [5, 5.41) is 16.0. The van der Waals surface area contributed by atoms with Gasteiger partial charge in [0.15, 0.2) is 5.79 Å². The first-order valence-electron chi connectivity index (χ1n) is 8.59. The van der Waals surface area contributed by atoms with Crippen LogP contribution < -0.4 is 10.6 Å². The van der Waals surface area contributed by atoms with Crippen LogP contribution in [0.3, 0.4) is 0 Å². The Morgan fingerprint density at radius 3 is 2.33 bits per heavy atom. The molecular weight excluding hydrogens is 390 g/mol. The molecule has 0 fully saturated rings. The maximum atomic E-state index is 13.4. The standard InChI is InChI=1S/C15H14Cl2FN.C5H13NO2/c1-3-10-7-12(4-5-14(10)18)19-15-9(2)6-11(16)8-13(15)17;1-5(2,7)8-4-6-3/h4-8,19H,3H2,1-2H3;6-7H,4H2,1-3H3. The van der Waals surface area contributed by atoms with Gasteiger partial charge in [0.05, 0.1) is 17.4 Å². The largest absolute Gasteiger partial charge is 0.366 e. The van der Waals surface area contributed by atoms with Gasteiger partial charge in [-0.25, -0.2) is 4.39 Å². The average Bonchev–Trinajstić information content (AvgIpc) is 2.57. The molecular formula is C20H27Cl2FN2O2. The van der Waals surface area contributed by atoms with Crippen molar-refractivity contribution in [3.8, 4) is 0 Å². The zero-order valence-corrected chi connectivity index (χ0v) is 17.8. The van der Waals surface area contributed by atoms with Gasteiger partial charge in [-0.05, 0) is 75.7 Å². The van der Waals surface area contributed by atoms with E-state index in [1.165, 1.54) is 6.07 Å². The summed E-state index contributed by atoms with van der Waals surface area (Å²) in [6, 6.07) is 8.46. The van der Waals surface area contributed by atoms with E-state index in [-0.39, 0.29) is 5.82 Å². The minimum Gasteiger partial charge on any atom is -0.366 e. The van der Waals surface area contributed by atoms with E-state index in [1.54, 1.807) is 39.1 Å². The highest BCUT2D eigenvalue weighted by Gasteiger charge is 2.10. The lowest BCUT2D eigenvalue weighted by Crippen LogP contribution is -2.28. The van der Waals surface area contributed by atoms with Crippen molar-refractivity contribution in [3.63, 3.8) is 0 Å². The number of benzene rings is 2. The van der Waals surface area contributed by atoms with E-state index in [1.807, 2.05) is 19.9 Å². The molecule has 0 spiro atoms. The molecule has 0 amide bonds. The van der Waals surface area contributed by atoms with E-state index >= 15 is 0 Å². The SMILES string of the molecule is CCc1cc(Nc2c(C)cc(Cl)cc2Cl)ccc1F.CNCOC(C)(C)O. The minimum atomic E-state index is -1.01. The number of halogens is 3. The fourth-order valence-electron chi connectivity index (χ4n) is 2.18. The maximum absolute atomic E-state index is 13.4. The molecule has 2 aromatic rings. The third-order valence-electron chi connectivity index (χ3n) is 3.52. The Labute approximate surface area is 170 Å². The van der Waals surface area contributed by atoms with Crippen LogP contribution >= 0.6 is 23.2 Å². The molecule has 0 atom stereocenters. The lowest BCUT2D eigenvalue weighted by molar-refractivity contribution is -0.179. The molecule has 0 aliphatic heterocycles. The van der Waals surface area contributed by atoms with Gasteiger partial charge in [-0.1, -0.05) is 30.1 Å². The van der Waals surface area contributed by atoms with Crippen LogP contribution in [0.4, 0.5) is 15.8 Å². The lowest BCUT2D eigenvalue weighted by atomic mass is 10.1. The zero-order valence-electron chi connectivity index (χ0n) is 16.3. The second kappa shape index (κ2) is 10.8. The first-order valence-corrected chi connectivity index (χ1v) is 9.35. The summed E-state index contributed by atoms with van der Waals surface area (Å²) in [4.78, 5) is 0. The topological polar surface area (TPSA) is 53.5 Å². The summed E-state index contributed by atoms with van der Waals surface area (Å²) >= 11 is 12.1. The van der Waals surface area contributed by atoms with E-state index in [4.69, 9.17) is 33.0 Å². The number of aryl methyl sites for hydroxylation is 2. The van der Waals surface area contributed by atoms with Crippen LogP contribution in [-0.2, 0) is 11.2 Å². The van der Waals surface area contributed by atoms with Crippen LogP contribution in [0.1, 0.15) is 31.9 Å². The predicted octanol–water partition coefficient (Wildman–Crippen LogP) is 5.66. The molecule has 0 aliphatic carbocycles. The molecule has 150 valence electrons. The summed E-state index contributed by atoms with van der Waals surface area (Å²) < 4.78 is 18.3. The Morgan fingerprint density at radius 1 is 1.19 bits per heavy atom. The molecule has 0 aliphatic rings. The van der Waals surface area contributed by atoms with Gasteiger partial charge in [-0.15, -0.1) is 0 Å². The molecule has 0 radical (unpaired) electrons. The summed E-state index contributed by atoms with van der Waals surface area (Å²) in [6.07, 6.45) is 0.648. The van der Waals surface area contributed by atoms with Gasteiger partial charge in [0, 0.05) is 10.7 Å². The van der Waals surface area contributed by atoms with Gasteiger partial charge in [0.1, 0.15) is 5.82 Å². The highest BCUT2D eigenvalue weighted by Crippen LogP contribution is 2.32. The molecule has 2 rings (SSSR count).